The molecule has 0 saturated carbocycles. The van der Waals surface area contributed by atoms with Crippen molar-refractivity contribution in [1.82, 2.24) is 5.32 Å². The van der Waals surface area contributed by atoms with E-state index in [1.165, 1.54) is 0 Å². The Labute approximate surface area is 174 Å². The molecule has 1 heterocycles. The molecule has 0 radical (unpaired) electrons. The highest BCUT2D eigenvalue weighted by atomic mass is 16.5. The van der Waals surface area contributed by atoms with Gasteiger partial charge in [-0.1, -0.05) is 60.7 Å². The van der Waals surface area contributed by atoms with E-state index < -0.39 is 18.2 Å². The van der Waals surface area contributed by atoms with Crippen LogP contribution >= 0.6 is 0 Å². The summed E-state index contributed by atoms with van der Waals surface area (Å²) in [5, 5.41) is 2.62. The van der Waals surface area contributed by atoms with Crippen LogP contribution in [0.4, 0.5) is 5.69 Å². The second-order valence-electron chi connectivity index (χ2n) is 7.11. The number of amides is 1. The molecular weight excluding hydrogens is 380 g/mol. The van der Waals surface area contributed by atoms with Gasteiger partial charge in [0.2, 0.25) is 0 Å². The predicted octanol–water partition coefficient (Wildman–Crippen LogP) is 3.40. The number of nitrogen functional groups attached to an aromatic ring is 1. The zero-order chi connectivity index (χ0) is 21.1. The first-order chi connectivity index (χ1) is 14.5. The van der Waals surface area contributed by atoms with Crippen molar-refractivity contribution in [3.05, 3.63) is 95.1 Å². The monoisotopic (exact) mass is 402 g/mol. The number of nitrogens with one attached hydrogen (secondary N) is 1. The predicted molar refractivity (Wildman–Crippen MR) is 113 cm³/mol. The van der Waals surface area contributed by atoms with Gasteiger partial charge in [0.15, 0.2) is 12.2 Å². The van der Waals surface area contributed by atoms with Crippen LogP contribution in [0.3, 0.4) is 0 Å². The van der Waals surface area contributed by atoms with Crippen molar-refractivity contribution in [3.63, 3.8) is 0 Å². The maximum atomic E-state index is 13.0. The summed E-state index contributed by atoms with van der Waals surface area (Å²) < 4.78 is 11.6. The molecular formula is C24H22N2O4. The van der Waals surface area contributed by atoms with E-state index in [9.17, 15) is 9.59 Å². The van der Waals surface area contributed by atoms with E-state index in [1.54, 1.807) is 19.1 Å². The Morgan fingerprint density at radius 2 is 1.60 bits per heavy atom. The smallest absolute Gasteiger partial charge is 0.339 e. The van der Waals surface area contributed by atoms with Crippen LogP contribution in [0.15, 0.2) is 72.8 Å². The molecule has 0 aromatic heterocycles. The number of rotatable bonds is 6. The molecule has 1 unspecified atom stereocenters. The highest BCUT2D eigenvalue weighted by molar-refractivity contribution is 5.94. The molecule has 0 spiro atoms. The molecule has 1 fully saturated rings. The van der Waals surface area contributed by atoms with Gasteiger partial charge in [0.05, 0.1) is 17.8 Å². The number of benzene rings is 3. The number of nitrogens with two attached hydrogens (primary N) is 1. The number of anilines is 1. The van der Waals surface area contributed by atoms with E-state index in [0.29, 0.717) is 29.1 Å². The fourth-order valence-electron chi connectivity index (χ4n) is 3.30. The first-order valence-electron chi connectivity index (χ1n) is 9.69. The highest BCUT2D eigenvalue weighted by Gasteiger charge is 2.31. The maximum absolute atomic E-state index is 13.0. The number of ether oxygens (including phenoxy) is 2. The Bertz CT molecular complexity index is 1030. The zero-order valence-corrected chi connectivity index (χ0v) is 16.5. The van der Waals surface area contributed by atoms with Gasteiger partial charge in [0, 0.05) is 0 Å². The van der Waals surface area contributed by atoms with Crippen LogP contribution in [0.25, 0.3) is 0 Å². The van der Waals surface area contributed by atoms with Gasteiger partial charge in [-0.2, -0.15) is 0 Å². The molecule has 30 heavy (non-hydrogen) atoms. The van der Waals surface area contributed by atoms with Crippen molar-refractivity contribution >= 4 is 17.6 Å². The Hall–Kier alpha value is -3.80. The van der Waals surface area contributed by atoms with Crippen LogP contribution in [0.1, 0.15) is 33.2 Å². The largest absolute Gasteiger partial charge is 0.477 e. The Morgan fingerprint density at radius 3 is 2.10 bits per heavy atom. The molecule has 0 aliphatic carbocycles. The fraction of sp³-hybridized carbons (Fsp3) is 0.167. The lowest BCUT2D eigenvalue weighted by Gasteiger charge is -2.27. The number of β-lactam (4-membered cyclic amide) rings is 1. The molecule has 0 bridgehead atoms. The average Bonchev–Trinajstić information content (AvgIpc) is 2.78. The van der Waals surface area contributed by atoms with Gasteiger partial charge in [-0.15, -0.1) is 0 Å². The lowest BCUT2D eigenvalue weighted by atomic mass is 10.0. The summed E-state index contributed by atoms with van der Waals surface area (Å²) in [6, 6.07) is 22.4. The molecule has 6 heteroatoms. The number of hydrogen-bond donors (Lipinski definition) is 2. The summed E-state index contributed by atoms with van der Waals surface area (Å²) >= 11 is 0. The second-order valence-corrected chi connectivity index (χ2v) is 7.11. The third-order valence-electron chi connectivity index (χ3n) is 5.15. The molecule has 6 nitrogen and oxygen atoms in total. The van der Waals surface area contributed by atoms with Crippen molar-refractivity contribution in [2.24, 2.45) is 0 Å². The van der Waals surface area contributed by atoms with E-state index >= 15 is 0 Å². The van der Waals surface area contributed by atoms with Crippen LogP contribution in [0, 0.1) is 6.92 Å². The van der Waals surface area contributed by atoms with Crippen LogP contribution < -0.4 is 15.8 Å². The fourth-order valence-corrected chi connectivity index (χ4v) is 3.30. The topological polar surface area (TPSA) is 90.6 Å². The number of carbonyl (C=O) groups is 2. The van der Waals surface area contributed by atoms with Crippen LogP contribution in [0.2, 0.25) is 0 Å². The summed E-state index contributed by atoms with van der Waals surface area (Å²) in [5.41, 5.74) is 9.16. The van der Waals surface area contributed by atoms with Gasteiger partial charge < -0.3 is 20.5 Å². The van der Waals surface area contributed by atoms with Crippen LogP contribution in [-0.4, -0.2) is 24.5 Å². The van der Waals surface area contributed by atoms with Crippen molar-refractivity contribution in [2.75, 3.05) is 12.3 Å². The molecule has 3 aromatic carbocycles. The second kappa shape index (κ2) is 8.29. The summed E-state index contributed by atoms with van der Waals surface area (Å²) in [4.78, 5) is 24.5. The van der Waals surface area contributed by atoms with E-state index in [0.717, 1.165) is 11.1 Å². The van der Waals surface area contributed by atoms with Crippen molar-refractivity contribution in [2.45, 2.75) is 19.1 Å². The van der Waals surface area contributed by atoms with Gasteiger partial charge in [-0.05, 0) is 35.7 Å². The molecule has 1 amide bonds. The molecule has 4 rings (SSSR count). The Balaban J connectivity index is 1.60. The lowest BCUT2D eigenvalue weighted by molar-refractivity contribution is -0.135. The SMILES string of the molecule is Cc1c(C(=O)OC(c2ccccc2)c2ccccc2)ccc(OC2CNC2=O)c1N. The Kier molecular flexibility index (Phi) is 5.39. The molecule has 152 valence electrons. The van der Waals surface area contributed by atoms with Crippen molar-refractivity contribution < 1.29 is 19.1 Å². The van der Waals surface area contributed by atoms with Crippen molar-refractivity contribution in [3.8, 4) is 5.75 Å². The number of hydrogen-bond acceptors (Lipinski definition) is 5. The van der Waals surface area contributed by atoms with E-state index in [2.05, 4.69) is 5.32 Å². The third kappa shape index (κ3) is 3.85. The number of esters is 1. The van der Waals surface area contributed by atoms with Gasteiger partial charge in [0.25, 0.3) is 5.91 Å². The zero-order valence-electron chi connectivity index (χ0n) is 16.5. The molecule has 1 aliphatic heterocycles. The minimum atomic E-state index is -0.551. The van der Waals surface area contributed by atoms with Crippen LogP contribution in [0.5, 0.6) is 5.75 Å². The van der Waals surface area contributed by atoms with Gasteiger partial charge in [-0.3, -0.25) is 4.79 Å². The van der Waals surface area contributed by atoms with E-state index in [-0.39, 0.29) is 5.91 Å². The summed E-state index contributed by atoms with van der Waals surface area (Å²) in [6.07, 6.45) is -1.10. The molecule has 3 aromatic rings. The summed E-state index contributed by atoms with van der Waals surface area (Å²) in [6.45, 7) is 2.18. The lowest BCUT2D eigenvalue weighted by Crippen LogP contribution is -2.56. The first kappa shape index (κ1) is 19.5. The minimum absolute atomic E-state index is 0.177. The third-order valence-corrected chi connectivity index (χ3v) is 5.15. The van der Waals surface area contributed by atoms with Gasteiger partial charge in [0.1, 0.15) is 5.75 Å². The molecule has 3 N–H and O–H groups in total. The standard InChI is InChI=1S/C24H22N2O4/c1-15-18(12-13-19(21(15)25)29-20-14-26-23(20)27)24(28)30-22(16-8-4-2-5-9-16)17-10-6-3-7-11-17/h2-13,20,22H,14,25H2,1H3,(H,26,27). The van der Waals surface area contributed by atoms with Crippen molar-refractivity contribution in [1.29, 1.82) is 0 Å². The van der Waals surface area contributed by atoms with E-state index in [1.807, 2.05) is 60.7 Å². The number of carbonyl (C=O) groups excluding carboxylic acids is 2. The van der Waals surface area contributed by atoms with Crippen LogP contribution in [-0.2, 0) is 9.53 Å². The summed E-state index contributed by atoms with van der Waals surface area (Å²) in [5.74, 6) is -0.277. The highest BCUT2D eigenvalue weighted by Crippen LogP contribution is 2.32. The first-order valence-corrected chi connectivity index (χ1v) is 9.69. The van der Waals surface area contributed by atoms with Gasteiger partial charge >= 0.3 is 5.97 Å². The molecule has 1 saturated heterocycles. The van der Waals surface area contributed by atoms with Gasteiger partial charge in [-0.25, -0.2) is 4.79 Å². The normalized spacial score (nSPS) is 15.3. The van der Waals surface area contributed by atoms with E-state index in [4.69, 9.17) is 15.2 Å². The minimum Gasteiger partial charge on any atom is -0.477 e. The maximum Gasteiger partial charge on any atom is 0.339 e. The Morgan fingerprint density at radius 1 is 1.00 bits per heavy atom. The average molecular weight is 402 g/mol. The summed E-state index contributed by atoms with van der Waals surface area (Å²) in [7, 11) is 0. The quantitative estimate of drug-likeness (QED) is 0.375. The molecule has 1 atom stereocenters. The molecule has 1 aliphatic rings.